The molecule has 0 spiro atoms. The van der Waals surface area contributed by atoms with E-state index in [1.165, 1.54) is 0 Å². The van der Waals surface area contributed by atoms with Crippen LogP contribution >= 0.6 is 0 Å². The highest BCUT2D eigenvalue weighted by Gasteiger charge is 2.05. The van der Waals surface area contributed by atoms with Crippen molar-refractivity contribution in [1.82, 2.24) is 14.9 Å². The van der Waals surface area contributed by atoms with Crippen molar-refractivity contribution < 1.29 is 4.52 Å². The summed E-state index contributed by atoms with van der Waals surface area (Å²) in [5, 5.41) is 3.37. The van der Waals surface area contributed by atoms with Gasteiger partial charge in [-0.05, 0) is 17.5 Å². The minimum absolute atomic E-state index is 0.284. The Hall–Kier alpha value is -2.50. The first-order valence-electron chi connectivity index (χ1n) is 5.09. The van der Waals surface area contributed by atoms with Gasteiger partial charge in [-0.2, -0.15) is 0 Å². The Morgan fingerprint density at radius 1 is 1.24 bits per heavy atom. The van der Waals surface area contributed by atoms with Crippen LogP contribution in [0.25, 0.3) is 10.9 Å². The van der Waals surface area contributed by atoms with Crippen LogP contribution in [-0.2, 0) is 6.54 Å². The van der Waals surface area contributed by atoms with Crippen molar-refractivity contribution in [2.24, 2.45) is 0 Å². The first-order chi connectivity index (χ1) is 8.22. The highest BCUT2D eigenvalue weighted by atomic mass is 16.5. The number of nitrogens with one attached hydrogen (secondary N) is 2. The molecule has 3 rings (SSSR count). The lowest BCUT2D eigenvalue weighted by molar-refractivity contribution is 0.232. The van der Waals surface area contributed by atoms with Crippen molar-refractivity contribution >= 4 is 10.9 Å². The second kappa shape index (κ2) is 3.51. The molecule has 2 heterocycles. The maximum absolute atomic E-state index is 10.9. The van der Waals surface area contributed by atoms with Gasteiger partial charge < -0.3 is 9.51 Å². The highest BCUT2D eigenvalue weighted by molar-refractivity contribution is 5.80. The fourth-order valence-corrected chi connectivity index (χ4v) is 1.77. The molecule has 2 aromatic heterocycles. The average Bonchev–Trinajstić information content (AvgIpc) is 2.83. The van der Waals surface area contributed by atoms with E-state index in [2.05, 4.69) is 14.6 Å². The zero-order valence-corrected chi connectivity index (χ0v) is 8.77. The van der Waals surface area contributed by atoms with E-state index in [9.17, 15) is 9.59 Å². The molecule has 6 heteroatoms. The van der Waals surface area contributed by atoms with Gasteiger partial charge in [0.2, 0.25) is 0 Å². The summed E-state index contributed by atoms with van der Waals surface area (Å²) in [5.74, 6) is 0. The Morgan fingerprint density at radius 3 is 2.76 bits per heavy atom. The number of hydrogen-bond donors (Lipinski definition) is 2. The van der Waals surface area contributed by atoms with E-state index in [-0.39, 0.29) is 6.54 Å². The Labute approximate surface area is 94.4 Å². The standard InChI is InChI=1S/C11H9N3O3/c15-10-11(16)17-14(13-10)6-8-5-7-3-1-2-4-9(7)12-8/h1-5,12H,6H2,(H,13,15). The van der Waals surface area contributed by atoms with Crippen molar-refractivity contribution in [2.75, 3.05) is 0 Å². The summed E-state index contributed by atoms with van der Waals surface area (Å²) in [7, 11) is 0. The first-order valence-corrected chi connectivity index (χ1v) is 5.09. The fourth-order valence-electron chi connectivity index (χ4n) is 1.77. The molecule has 0 aliphatic carbocycles. The van der Waals surface area contributed by atoms with Crippen LogP contribution in [0.5, 0.6) is 0 Å². The molecule has 0 radical (unpaired) electrons. The molecule has 0 aliphatic heterocycles. The number of benzene rings is 1. The molecule has 0 saturated heterocycles. The van der Waals surface area contributed by atoms with E-state index < -0.39 is 11.2 Å². The molecule has 0 aliphatic rings. The van der Waals surface area contributed by atoms with Crippen LogP contribution in [0.1, 0.15) is 5.69 Å². The van der Waals surface area contributed by atoms with Crippen LogP contribution in [0.4, 0.5) is 0 Å². The van der Waals surface area contributed by atoms with Crippen molar-refractivity contribution in [2.45, 2.75) is 6.54 Å². The SMILES string of the molecule is O=c1[nH]n(Cc2cc3ccccc3[nH]2)oc1=O. The number of aromatic nitrogens is 3. The quantitative estimate of drug-likeness (QED) is 0.635. The molecular formula is C11H9N3O3. The van der Waals surface area contributed by atoms with Gasteiger partial charge in [0, 0.05) is 11.2 Å². The average molecular weight is 231 g/mol. The molecule has 0 unspecified atom stereocenters. The summed E-state index contributed by atoms with van der Waals surface area (Å²) >= 11 is 0. The second-order valence-electron chi connectivity index (χ2n) is 3.74. The molecule has 17 heavy (non-hydrogen) atoms. The van der Waals surface area contributed by atoms with Crippen LogP contribution in [0.2, 0.25) is 0 Å². The van der Waals surface area contributed by atoms with Crippen molar-refractivity contribution in [3.63, 3.8) is 0 Å². The molecule has 0 saturated carbocycles. The molecule has 3 aromatic rings. The summed E-state index contributed by atoms with van der Waals surface area (Å²) < 4.78 is 4.69. The molecule has 0 fully saturated rings. The van der Waals surface area contributed by atoms with E-state index in [0.717, 1.165) is 21.5 Å². The normalized spacial score (nSPS) is 11.1. The Balaban J connectivity index is 1.99. The van der Waals surface area contributed by atoms with E-state index >= 15 is 0 Å². The number of hydrogen-bond acceptors (Lipinski definition) is 3. The fraction of sp³-hybridized carbons (Fsp3) is 0.0909. The molecule has 2 N–H and O–H groups in total. The monoisotopic (exact) mass is 231 g/mol. The number of aromatic amines is 2. The highest BCUT2D eigenvalue weighted by Crippen LogP contribution is 2.14. The Bertz CT molecular complexity index is 714. The van der Waals surface area contributed by atoms with Crippen molar-refractivity contribution in [3.8, 4) is 0 Å². The molecule has 0 atom stereocenters. The zero-order chi connectivity index (χ0) is 11.8. The maximum Gasteiger partial charge on any atom is 0.424 e. The largest absolute Gasteiger partial charge is 0.424 e. The Kier molecular flexibility index (Phi) is 2.01. The van der Waals surface area contributed by atoms with Gasteiger partial charge in [0.1, 0.15) is 6.54 Å². The third-order valence-corrected chi connectivity index (χ3v) is 2.50. The molecule has 0 amide bonds. The number of fused-ring (bicyclic) bond motifs is 1. The molecular weight excluding hydrogens is 222 g/mol. The summed E-state index contributed by atoms with van der Waals surface area (Å²) in [5.41, 5.74) is 0.211. The molecule has 1 aromatic carbocycles. The third-order valence-electron chi connectivity index (χ3n) is 2.50. The first kappa shape index (κ1) is 9.71. The summed E-state index contributed by atoms with van der Waals surface area (Å²) in [6.07, 6.45) is 0. The molecule has 86 valence electrons. The van der Waals surface area contributed by atoms with Gasteiger partial charge in [-0.25, -0.2) is 9.89 Å². The number of H-pyrrole nitrogens is 2. The summed E-state index contributed by atoms with van der Waals surface area (Å²) in [6.45, 7) is 0.284. The second-order valence-corrected chi connectivity index (χ2v) is 3.74. The van der Waals surface area contributed by atoms with E-state index in [0.29, 0.717) is 0 Å². The van der Waals surface area contributed by atoms with Gasteiger partial charge in [-0.1, -0.05) is 18.2 Å². The zero-order valence-electron chi connectivity index (χ0n) is 8.77. The lowest BCUT2D eigenvalue weighted by atomic mass is 10.2. The summed E-state index contributed by atoms with van der Waals surface area (Å²) in [4.78, 5) is 26.0. The van der Waals surface area contributed by atoms with E-state index in [1.54, 1.807) is 0 Å². The minimum atomic E-state index is -0.888. The van der Waals surface area contributed by atoms with Crippen molar-refractivity contribution in [3.05, 3.63) is 56.8 Å². The van der Waals surface area contributed by atoms with Crippen LogP contribution in [0, 0.1) is 0 Å². The topological polar surface area (TPSA) is 83.8 Å². The van der Waals surface area contributed by atoms with Crippen LogP contribution in [-0.4, -0.2) is 14.9 Å². The van der Waals surface area contributed by atoms with Gasteiger partial charge in [0.05, 0.1) is 0 Å². The Morgan fingerprint density at radius 2 is 2.06 bits per heavy atom. The minimum Gasteiger partial charge on any atom is -0.357 e. The maximum atomic E-state index is 10.9. The lowest BCUT2D eigenvalue weighted by Gasteiger charge is -1.95. The van der Waals surface area contributed by atoms with Crippen molar-refractivity contribution in [1.29, 1.82) is 0 Å². The van der Waals surface area contributed by atoms with Gasteiger partial charge in [-0.15, -0.1) is 4.85 Å². The van der Waals surface area contributed by atoms with Gasteiger partial charge in [0.25, 0.3) is 0 Å². The smallest absolute Gasteiger partial charge is 0.357 e. The van der Waals surface area contributed by atoms with Gasteiger partial charge in [0.15, 0.2) is 0 Å². The van der Waals surface area contributed by atoms with E-state index in [4.69, 9.17) is 0 Å². The van der Waals surface area contributed by atoms with Gasteiger partial charge in [-0.3, -0.25) is 4.79 Å². The lowest BCUT2D eigenvalue weighted by Crippen LogP contribution is -2.18. The van der Waals surface area contributed by atoms with Crippen LogP contribution < -0.4 is 11.2 Å². The summed E-state index contributed by atoms with van der Waals surface area (Å²) in [6, 6.07) is 9.74. The number of nitrogens with zero attached hydrogens (tertiary/aromatic N) is 1. The number of para-hydroxylation sites is 1. The van der Waals surface area contributed by atoms with E-state index in [1.807, 2.05) is 30.3 Å². The predicted molar refractivity (Wildman–Crippen MR) is 61.0 cm³/mol. The van der Waals surface area contributed by atoms with Crippen LogP contribution in [0.15, 0.2) is 44.4 Å². The van der Waals surface area contributed by atoms with Gasteiger partial charge >= 0.3 is 11.2 Å². The number of rotatable bonds is 2. The molecule has 6 nitrogen and oxygen atoms in total. The predicted octanol–water partition coefficient (Wildman–Crippen LogP) is 0.659. The third kappa shape index (κ3) is 1.69. The van der Waals surface area contributed by atoms with Crippen LogP contribution in [0.3, 0.4) is 0 Å². The molecule has 0 bridgehead atoms.